The third-order valence-corrected chi connectivity index (χ3v) is 4.24. The first-order valence-corrected chi connectivity index (χ1v) is 6.88. The lowest BCUT2D eigenvalue weighted by molar-refractivity contribution is 0.307. The highest BCUT2D eigenvalue weighted by Gasteiger charge is 2.17. The van der Waals surface area contributed by atoms with Crippen molar-refractivity contribution in [1.29, 1.82) is 0 Å². The summed E-state index contributed by atoms with van der Waals surface area (Å²) in [5, 5.41) is 0. The van der Waals surface area contributed by atoms with E-state index in [1.807, 2.05) is 0 Å². The van der Waals surface area contributed by atoms with E-state index in [1.54, 1.807) is 0 Å². The monoisotopic (exact) mass is 178 g/mol. The molecule has 0 saturated heterocycles. The molecular weight excluding hydrogens is 152 g/mol. The maximum atomic E-state index is 5.67. The van der Waals surface area contributed by atoms with E-state index in [0.717, 1.165) is 13.0 Å². The average Bonchev–Trinajstić information content (AvgIpc) is 1.84. The highest BCUT2D eigenvalue weighted by molar-refractivity contribution is 6.71. The van der Waals surface area contributed by atoms with Crippen molar-refractivity contribution >= 4 is 8.32 Å². The Morgan fingerprint density at radius 1 is 1.09 bits per heavy atom. The summed E-state index contributed by atoms with van der Waals surface area (Å²) >= 11 is 0. The smallest absolute Gasteiger partial charge is 0.186 e. The third kappa shape index (κ3) is 10.2. The fraction of sp³-hybridized carbons (Fsp3) is 1.00. The van der Waals surface area contributed by atoms with E-state index >= 15 is 0 Å². The Hall–Kier alpha value is 0.177. The molecule has 0 aliphatic heterocycles. The molecule has 0 rings (SSSR count). The van der Waals surface area contributed by atoms with Crippen molar-refractivity contribution in [3.63, 3.8) is 0 Å². The van der Waals surface area contributed by atoms with Gasteiger partial charge in [-0.25, -0.2) is 0 Å². The van der Waals surface area contributed by atoms with E-state index in [4.69, 9.17) is 4.43 Å². The molecule has 11 heavy (non-hydrogen) atoms. The summed E-state index contributed by atoms with van der Waals surface area (Å²) in [5.41, 5.74) is 0. The van der Waals surface area contributed by atoms with Crippen molar-refractivity contribution in [1.82, 2.24) is 0 Å². The first-order valence-electron chi connectivity index (χ1n) is 3.76. The van der Waals surface area contributed by atoms with Gasteiger partial charge in [0.2, 0.25) is 0 Å². The molecule has 0 radical (unpaired) electrons. The lowest BCUT2D eigenvalue weighted by Gasteiger charge is -2.19. The predicted molar refractivity (Wildman–Crippen MR) is 57.7 cm³/mol. The Morgan fingerprint density at radius 2 is 1.55 bits per heavy atom. The minimum absolute atomic E-state index is 0. The highest BCUT2D eigenvalue weighted by Crippen LogP contribution is 2.09. The van der Waals surface area contributed by atoms with E-state index in [9.17, 15) is 0 Å². The van der Waals surface area contributed by atoms with Crippen LogP contribution in [-0.2, 0) is 4.43 Å². The first kappa shape index (κ1) is 17.3. The topological polar surface area (TPSA) is 9.23 Å². The normalized spacial score (nSPS) is 9.82. The van der Waals surface area contributed by atoms with Gasteiger partial charge in [0.05, 0.1) is 0 Å². The Morgan fingerprint density at radius 3 is 1.82 bits per heavy atom. The summed E-state index contributed by atoms with van der Waals surface area (Å²) in [6.45, 7) is 9.85. The summed E-state index contributed by atoms with van der Waals surface area (Å²) in [7, 11) is -1.20. The molecule has 0 spiro atoms. The fourth-order valence-corrected chi connectivity index (χ4v) is 1.44. The van der Waals surface area contributed by atoms with Gasteiger partial charge in [-0.05, 0) is 25.6 Å². The van der Waals surface area contributed by atoms with Gasteiger partial charge in [0.25, 0.3) is 0 Å². The van der Waals surface area contributed by atoms with Gasteiger partial charge in [-0.3, -0.25) is 0 Å². The number of rotatable bonds is 4. The van der Waals surface area contributed by atoms with E-state index < -0.39 is 8.32 Å². The van der Waals surface area contributed by atoms with Crippen LogP contribution in [0.4, 0.5) is 0 Å². The van der Waals surface area contributed by atoms with Gasteiger partial charge in [0.15, 0.2) is 8.32 Å². The summed E-state index contributed by atoms with van der Waals surface area (Å²) in [6.07, 6.45) is 1.15. The van der Waals surface area contributed by atoms with E-state index in [2.05, 4.69) is 26.9 Å². The molecule has 0 aromatic carbocycles. The summed E-state index contributed by atoms with van der Waals surface area (Å²) in [4.78, 5) is 0. The van der Waals surface area contributed by atoms with Gasteiger partial charge in [-0.2, -0.15) is 0 Å². The van der Waals surface area contributed by atoms with Crippen molar-refractivity contribution in [3.05, 3.63) is 0 Å². The molecule has 0 aliphatic rings. The molecule has 0 bridgehead atoms. The van der Waals surface area contributed by atoms with Crippen molar-refractivity contribution in [2.75, 3.05) is 6.61 Å². The molecular formula is C9H26OSi. The molecule has 1 nitrogen and oxygen atoms in total. The predicted octanol–water partition coefficient (Wildman–Crippen LogP) is 3.91. The van der Waals surface area contributed by atoms with Crippen LogP contribution in [0.5, 0.6) is 0 Å². The largest absolute Gasteiger partial charge is 0.417 e. The minimum Gasteiger partial charge on any atom is -0.417 e. The van der Waals surface area contributed by atoms with Crippen molar-refractivity contribution in [2.45, 2.75) is 54.3 Å². The van der Waals surface area contributed by atoms with Crippen molar-refractivity contribution in [2.24, 2.45) is 0 Å². The van der Waals surface area contributed by atoms with Gasteiger partial charge in [0.1, 0.15) is 0 Å². The second-order valence-electron chi connectivity index (χ2n) is 2.96. The van der Waals surface area contributed by atoms with Gasteiger partial charge < -0.3 is 4.43 Å². The molecule has 0 N–H and O–H groups in total. The molecule has 0 saturated carbocycles. The molecule has 0 aliphatic carbocycles. The first-order chi connectivity index (χ1) is 4.12. The molecule has 0 aromatic rings. The average molecular weight is 178 g/mol. The van der Waals surface area contributed by atoms with Crippen molar-refractivity contribution in [3.8, 4) is 0 Å². The quantitative estimate of drug-likeness (QED) is 0.593. The molecule has 0 heterocycles. The van der Waals surface area contributed by atoms with Crippen LogP contribution in [0.25, 0.3) is 0 Å². The SMILES string of the molecule is C.C.CCCO[Si](C)(C)CC. The summed E-state index contributed by atoms with van der Waals surface area (Å²) < 4.78 is 5.67. The molecule has 0 aromatic heterocycles. The molecule has 0 fully saturated rings. The Kier molecular flexibility index (Phi) is 13.0. The molecule has 0 atom stereocenters. The van der Waals surface area contributed by atoms with Crippen LogP contribution in [0.15, 0.2) is 0 Å². The minimum atomic E-state index is -1.20. The zero-order valence-corrected chi connectivity index (χ0v) is 8.03. The van der Waals surface area contributed by atoms with Crippen LogP contribution in [-0.4, -0.2) is 14.9 Å². The van der Waals surface area contributed by atoms with E-state index in [1.165, 1.54) is 6.04 Å². The second-order valence-corrected chi connectivity index (χ2v) is 7.48. The number of hydrogen-bond acceptors (Lipinski definition) is 1. The van der Waals surface area contributed by atoms with Crippen molar-refractivity contribution < 1.29 is 4.43 Å². The zero-order chi connectivity index (χ0) is 7.33. The van der Waals surface area contributed by atoms with Gasteiger partial charge in [-0.15, -0.1) is 0 Å². The van der Waals surface area contributed by atoms with Crippen LogP contribution in [0.1, 0.15) is 35.1 Å². The van der Waals surface area contributed by atoms with Gasteiger partial charge in [-0.1, -0.05) is 28.7 Å². The maximum absolute atomic E-state index is 5.67. The van der Waals surface area contributed by atoms with Crippen LogP contribution in [0.3, 0.4) is 0 Å². The Balaban J connectivity index is -0.000000320. The molecule has 72 valence electrons. The van der Waals surface area contributed by atoms with E-state index in [0.29, 0.717) is 0 Å². The fourth-order valence-electron chi connectivity index (χ4n) is 0.480. The van der Waals surface area contributed by atoms with Crippen LogP contribution >= 0.6 is 0 Å². The molecule has 2 heteroatoms. The van der Waals surface area contributed by atoms with Crippen LogP contribution in [0, 0.1) is 0 Å². The molecule has 0 amide bonds. The van der Waals surface area contributed by atoms with Crippen LogP contribution in [0.2, 0.25) is 19.1 Å². The van der Waals surface area contributed by atoms with Crippen LogP contribution < -0.4 is 0 Å². The number of hydrogen-bond donors (Lipinski definition) is 0. The third-order valence-electron chi connectivity index (χ3n) is 1.55. The zero-order valence-electron chi connectivity index (χ0n) is 7.03. The lowest BCUT2D eigenvalue weighted by Crippen LogP contribution is -2.29. The highest BCUT2D eigenvalue weighted by atomic mass is 28.4. The molecule has 0 unspecified atom stereocenters. The Bertz CT molecular complexity index is 72.0. The lowest BCUT2D eigenvalue weighted by atomic mass is 10.5. The van der Waals surface area contributed by atoms with E-state index in [-0.39, 0.29) is 14.9 Å². The Labute approximate surface area is 74.3 Å². The summed E-state index contributed by atoms with van der Waals surface area (Å²) in [6, 6.07) is 1.23. The van der Waals surface area contributed by atoms with Gasteiger partial charge >= 0.3 is 0 Å². The summed E-state index contributed by atoms with van der Waals surface area (Å²) in [5.74, 6) is 0. The second kappa shape index (κ2) is 8.28. The standard InChI is InChI=1S/C7H18OSi.2CH4/c1-5-7-8-9(3,4)6-2;;/h5-7H2,1-4H3;2*1H4. The maximum Gasteiger partial charge on any atom is 0.186 e. The van der Waals surface area contributed by atoms with Gasteiger partial charge in [0, 0.05) is 6.61 Å².